The lowest BCUT2D eigenvalue weighted by molar-refractivity contribution is -0.124. The van der Waals surface area contributed by atoms with Gasteiger partial charge in [0.15, 0.2) is 0 Å². The number of rotatable bonds is 5. The highest BCUT2D eigenvalue weighted by atomic mass is 32.2. The Balaban J connectivity index is 1.67. The molecule has 0 aliphatic carbocycles. The molecule has 7 heteroatoms. The summed E-state index contributed by atoms with van der Waals surface area (Å²) in [7, 11) is 3.62. The van der Waals surface area contributed by atoms with Crippen LogP contribution in [0.15, 0.2) is 30.5 Å². The van der Waals surface area contributed by atoms with Gasteiger partial charge in [-0.2, -0.15) is 5.10 Å². The predicted molar refractivity (Wildman–Crippen MR) is 91.3 cm³/mol. The van der Waals surface area contributed by atoms with Gasteiger partial charge in [0.25, 0.3) is 0 Å². The molecule has 1 aliphatic rings. The van der Waals surface area contributed by atoms with Gasteiger partial charge in [0.05, 0.1) is 25.0 Å². The number of hydrogen-bond donors (Lipinski definition) is 2. The number of nitrogens with one attached hydrogen (secondary N) is 2. The monoisotopic (exact) mass is 332 g/mol. The van der Waals surface area contributed by atoms with Crippen LogP contribution in [0.4, 0.5) is 0 Å². The molecular weight excluding hydrogens is 312 g/mol. The highest BCUT2D eigenvalue weighted by Gasteiger charge is 2.28. The van der Waals surface area contributed by atoms with Gasteiger partial charge in [-0.1, -0.05) is 0 Å². The summed E-state index contributed by atoms with van der Waals surface area (Å²) in [5.41, 5.74) is 2.90. The lowest BCUT2D eigenvalue weighted by Crippen LogP contribution is -2.42. The van der Waals surface area contributed by atoms with E-state index in [0.29, 0.717) is 6.54 Å². The number of amides is 1. The molecular formula is C16H20N4O2S. The molecule has 2 N–H and O–H groups in total. The number of H-pyrrole nitrogens is 1. The molecule has 1 unspecified atom stereocenters. The van der Waals surface area contributed by atoms with E-state index in [4.69, 9.17) is 4.74 Å². The molecule has 1 fully saturated rings. The molecule has 1 saturated heterocycles. The first-order chi connectivity index (χ1) is 11.2. The topological polar surface area (TPSA) is 70.2 Å². The molecule has 2 aromatic rings. The summed E-state index contributed by atoms with van der Waals surface area (Å²) in [5.74, 6) is 2.63. The fraction of sp³-hybridized carbons (Fsp3) is 0.375. The maximum absolute atomic E-state index is 12.3. The van der Waals surface area contributed by atoms with E-state index in [1.54, 1.807) is 25.1 Å². The van der Waals surface area contributed by atoms with E-state index in [0.717, 1.165) is 34.2 Å². The Morgan fingerprint density at radius 3 is 2.91 bits per heavy atom. The Morgan fingerprint density at radius 2 is 2.26 bits per heavy atom. The largest absolute Gasteiger partial charge is 0.497 e. The van der Waals surface area contributed by atoms with Gasteiger partial charge in [-0.3, -0.25) is 14.8 Å². The van der Waals surface area contributed by atoms with Gasteiger partial charge in [-0.05, 0) is 31.3 Å². The van der Waals surface area contributed by atoms with Crippen molar-refractivity contribution in [1.29, 1.82) is 0 Å². The second-order valence-corrected chi connectivity index (χ2v) is 6.49. The summed E-state index contributed by atoms with van der Waals surface area (Å²) in [6.07, 6.45) is 1.76. The van der Waals surface area contributed by atoms with Crippen LogP contribution in [0.2, 0.25) is 0 Å². The normalized spacial score (nSPS) is 18.1. The molecule has 1 aliphatic heterocycles. The first-order valence-electron chi connectivity index (χ1n) is 7.41. The average molecular weight is 332 g/mol. The summed E-state index contributed by atoms with van der Waals surface area (Å²) in [4.78, 5) is 14.3. The van der Waals surface area contributed by atoms with Crippen molar-refractivity contribution in [3.63, 3.8) is 0 Å². The highest BCUT2D eigenvalue weighted by molar-refractivity contribution is 7.99. The van der Waals surface area contributed by atoms with Crippen LogP contribution in [0, 0.1) is 0 Å². The molecule has 6 nitrogen and oxygen atoms in total. The van der Waals surface area contributed by atoms with E-state index in [2.05, 4.69) is 20.4 Å². The van der Waals surface area contributed by atoms with Crippen LogP contribution < -0.4 is 10.1 Å². The minimum atomic E-state index is -0.0451. The number of ether oxygens (including phenoxy) is 1. The number of likely N-dealkylation sites (N-methyl/N-ethyl adjacent to an activating group) is 1. The SMILES string of the molecule is COc1ccc(-c2[nH]ncc2CNC(=O)C2CSCN2C)cc1. The molecule has 0 bridgehead atoms. The number of thioether (sulfide) groups is 1. The number of nitrogens with zero attached hydrogens (tertiary/aromatic N) is 2. The molecule has 122 valence electrons. The van der Waals surface area contributed by atoms with Gasteiger partial charge in [0.1, 0.15) is 5.75 Å². The van der Waals surface area contributed by atoms with Crippen LogP contribution in [0.3, 0.4) is 0 Å². The van der Waals surface area contributed by atoms with Crippen LogP contribution in [0.5, 0.6) is 5.75 Å². The average Bonchev–Trinajstić information content (AvgIpc) is 3.21. The Kier molecular flexibility index (Phi) is 4.88. The number of aromatic amines is 1. The van der Waals surface area contributed by atoms with Crippen LogP contribution in [-0.4, -0.2) is 52.8 Å². The standard InChI is InChI=1S/C16H20N4O2S/c1-20-10-23-9-14(20)16(21)17-7-12-8-18-19-15(12)11-3-5-13(22-2)6-4-11/h3-6,8,14H,7,9-10H2,1-2H3,(H,17,21)(H,18,19). The van der Waals surface area contributed by atoms with Gasteiger partial charge in [-0.25, -0.2) is 0 Å². The number of aromatic nitrogens is 2. The molecule has 0 radical (unpaired) electrons. The Morgan fingerprint density at radius 1 is 1.48 bits per heavy atom. The van der Waals surface area contributed by atoms with E-state index in [1.807, 2.05) is 31.3 Å². The number of hydrogen-bond acceptors (Lipinski definition) is 5. The summed E-state index contributed by atoms with van der Waals surface area (Å²) < 4.78 is 5.17. The molecule has 3 rings (SSSR count). The molecule has 1 atom stereocenters. The Labute approximate surface area is 139 Å². The van der Waals surface area contributed by atoms with Crippen molar-refractivity contribution in [3.8, 4) is 17.0 Å². The maximum Gasteiger partial charge on any atom is 0.238 e. The minimum Gasteiger partial charge on any atom is -0.497 e. The minimum absolute atomic E-state index is 0.0451. The lowest BCUT2D eigenvalue weighted by Gasteiger charge is -2.17. The fourth-order valence-corrected chi connectivity index (χ4v) is 3.76. The third-order valence-electron chi connectivity index (χ3n) is 3.95. The quantitative estimate of drug-likeness (QED) is 0.872. The molecule has 0 saturated carbocycles. The first-order valence-corrected chi connectivity index (χ1v) is 8.57. The summed E-state index contributed by atoms with van der Waals surface area (Å²) in [5, 5.41) is 10.1. The third kappa shape index (κ3) is 3.51. The van der Waals surface area contributed by atoms with Gasteiger partial charge in [-0.15, -0.1) is 11.8 Å². The fourth-order valence-electron chi connectivity index (χ4n) is 2.55. The number of carbonyl (C=O) groups is 1. The van der Waals surface area contributed by atoms with E-state index >= 15 is 0 Å². The molecule has 1 aromatic heterocycles. The zero-order chi connectivity index (χ0) is 16.2. The molecule has 23 heavy (non-hydrogen) atoms. The van der Waals surface area contributed by atoms with Crippen molar-refractivity contribution in [2.75, 3.05) is 25.8 Å². The number of benzene rings is 1. The van der Waals surface area contributed by atoms with E-state index in [9.17, 15) is 4.79 Å². The molecule has 0 spiro atoms. The van der Waals surface area contributed by atoms with Crippen LogP contribution in [-0.2, 0) is 11.3 Å². The molecule has 2 heterocycles. The van der Waals surface area contributed by atoms with Gasteiger partial charge in [0, 0.05) is 29.3 Å². The van der Waals surface area contributed by atoms with Crippen LogP contribution in [0.25, 0.3) is 11.3 Å². The summed E-state index contributed by atoms with van der Waals surface area (Å²) in [6, 6.07) is 7.71. The predicted octanol–water partition coefficient (Wildman–Crippen LogP) is 1.71. The number of carbonyl (C=O) groups excluding carboxylic acids is 1. The van der Waals surface area contributed by atoms with E-state index in [-0.39, 0.29) is 11.9 Å². The van der Waals surface area contributed by atoms with Gasteiger partial charge < -0.3 is 10.1 Å². The van der Waals surface area contributed by atoms with Crippen LogP contribution >= 0.6 is 11.8 Å². The van der Waals surface area contributed by atoms with Crippen molar-refractivity contribution in [3.05, 3.63) is 36.0 Å². The zero-order valence-corrected chi connectivity index (χ0v) is 14.0. The van der Waals surface area contributed by atoms with Crippen molar-refractivity contribution in [2.24, 2.45) is 0 Å². The van der Waals surface area contributed by atoms with Gasteiger partial charge >= 0.3 is 0 Å². The Bertz CT molecular complexity index is 671. The second-order valence-electron chi connectivity index (χ2n) is 5.49. The molecule has 1 aromatic carbocycles. The maximum atomic E-state index is 12.3. The molecule has 1 amide bonds. The van der Waals surface area contributed by atoms with Crippen molar-refractivity contribution in [2.45, 2.75) is 12.6 Å². The highest BCUT2D eigenvalue weighted by Crippen LogP contribution is 2.24. The smallest absolute Gasteiger partial charge is 0.238 e. The van der Waals surface area contributed by atoms with Crippen LogP contribution in [0.1, 0.15) is 5.56 Å². The third-order valence-corrected chi connectivity index (χ3v) is 5.10. The zero-order valence-electron chi connectivity index (χ0n) is 13.2. The summed E-state index contributed by atoms with van der Waals surface area (Å²) >= 11 is 1.78. The van der Waals surface area contributed by atoms with Crippen molar-refractivity contribution in [1.82, 2.24) is 20.4 Å². The van der Waals surface area contributed by atoms with Crippen molar-refractivity contribution < 1.29 is 9.53 Å². The van der Waals surface area contributed by atoms with Crippen molar-refractivity contribution >= 4 is 17.7 Å². The van der Waals surface area contributed by atoms with E-state index < -0.39 is 0 Å². The Hall–Kier alpha value is -1.99. The van der Waals surface area contributed by atoms with Gasteiger partial charge in [0.2, 0.25) is 5.91 Å². The van der Waals surface area contributed by atoms with E-state index in [1.165, 1.54) is 0 Å². The number of methoxy groups -OCH3 is 1. The second kappa shape index (κ2) is 7.06. The summed E-state index contributed by atoms with van der Waals surface area (Å²) in [6.45, 7) is 0.464. The first kappa shape index (κ1) is 15.9. The lowest BCUT2D eigenvalue weighted by atomic mass is 10.1.